The van der Waals surface area contributed by atoms with E-state index in [1.807, 2.05) is 0 Å². The van der Waals surface area contributed by atoms with Crippen LogP contribution < -0.4 is 9.47 Å². The predicted octanol–water partition coefficient (Wildman–Crippen LogP) is 4.26. The third-order valence-electron chi connectivity index (χ3n) is 4.74. The maximum atomic E-state index is 14.4. The van der Waals surface area contributed by atoms with E-state index in [1.165, 1.54) is 12.5 Å². The third-order valence-corrected chi connectivity index (χ3v) is 4.74. The standard InChI is InChI=1S/C26H25F2NO8/c1-2-24(30)34-11-12-36-26-22(27)13-20(14-23(26)28)19-3-5-21(6-4-19)33-9-10-35-25(31)7-8-32-16-18-15-29-37-17-18/h2-6,13-15,17H,1,7-12,16H2. The Kier molecular flexibility index (Phi) is 10.6. The first kappa shape index (κ1) is 27.3. The Labute approximate surface area is 211 Å². The normalized spacial score (nSPS) is 10.5. The van der Waals surface area contributed by atoms with E-state index in [2.05, 4.69) is 16.3 Å². The highest BCUT2D eigenvalue weighted by Crippen LogP contribution is 2.30. The maximum Gasteiger partial charge on any atom is 0.330 e. The predicted molar refractivity (Wildman–Crippen MR) is 126 cm³/mol. The molecule has 9 nitrogen and oxygen atoms in total. The van der Waals surface area contributed by atoms with Crippen LogP contribution in [0.1, 0.15) is 12.0 Å². The van der Waals surface area contributed by atoms with Crippen LogP contribution in [-0.2, 0) is 30.4 Å². The second-order valence-corrected chi connectivity index (χ2v) is 7.42. The zero-order valence-corrected chi connectivity index (χ0v) is 19.8. The zero-order valence-electron chi connectivity index (χ0n) is 19.8. The smallest absolute Gasteiger partial charge is 0.330 e. The molecule has 3 rings (SSSR count). The van der Waals surface area contributed by atoms with Gasteiger partial charge in [-0.25, -0.2) is 13.6 Å². The van der Waals surface area contributed by atoms with Gasteiger partial charge in [-0.05, 0) is 35.4 Å². The summed E-state index contributed by atoms with van der Waals surface area (Å²) in [7, 11) is 0. The number of nitrogens with zero attached hydrogens (tertiary/aromatic N) is 1. The van der Waals surface area contributed by atoms with Crippen LogP contribution in [0.5, 0.6) is 11.5 Å². The van der Waals surface area contributed by atoms with Crippen LogP contribution in [0, 0.1) is 11.6 Å². The van der Waals surface area contributed by atoms with E-state index in [1.54, 1.807) is 24.3 Å². The van der Waals surface area contributed by atoms with Gasteiger partial charge in [0.15, 0.2) is 17.4 Å². The molecule has 0 amide bonds. The molecule has 2 aromatic carbocycles. The van der Waals surface area contributed by atoms with Gasteiger partial charge in [-0.15, -0.1) is 0 Å². The van der Waals surface area contributed by atoms with Gasteiger partial charge in [0, 0.05) is 11.6 Å². The molecule has 0 aliphatic carbocycles. The van der Waals surface area contributed by atoms with Crippen molar-refractivity contribution in [1.29, 1.82) is 0 Å². The minimum Gasteiger partial charge on any atom is -0.490 e. The molecule has 0 N–H and O–H groups in total. The number of aromatic nitrogens is 1. The van der Waals surface area contributed by atoms with Crippen molar-refractivity contribution in [2.45, 2.75) is 13.0 Å². The third kappa shape index (κ3) is 9.04. The molecule has 0 aliphatic heterocycles. The van der Waals surface area contributed by atoms with Gasteiger partial charge in [-0.1, -0.05) is 23.9 Å². The molecule has 1 heterocycles. The molecule has 0 bridgehead atoms. The van der Waals surface area contributed by atoms with E-state index in [4.69, 9.17) is 23.7 Å². The summed E-state index contributed by atoms with van der Waals surface area (Å²) in [6.07, 6.45) is 4.06. The molecule has 0 unspecified atom stereocenters. The summed E-state index contributed by atoms with van der Waals surface area (Å²) in [5.74, 6) is -2.93. The van der Waals surface area contributed by atoms with E-state index in [-0.39, 0.29) is 39.5 Å². The molecular weight excluding hydrogens is 492 g/mol. The van der Waals surface area contributed by atoms with Gasteiger partial charge in [0.25, 0.3) is 0 Å². The van der Waals surface area contributed by atoms with Crippen molar-refractivity contribution < 1.29 is 46.6 Å². The van der Waals surface area contributed by atoms with Crippen molar-refractivity contribution in [3.8, 4) is 22.6 Å². The van der Waals surface area contributed by atoms with Crippen LogP contribution in [0.4, 0.5) is 8.78 Å². The van der Waals surface area contributed by atoms with Crippen molar-refractivity contribution in [3.05, 3.63) is 78.7 Å². The van der Waals surface area contributed by atoms with Crippen LogP contribution >= 0.6 is 0 Å². The Bertz CT molecular complexity index is 1140. The first-order valence-corrected chi connectivity index (χ1v) is 11.2. The highest BCUT2D eigenvalue weighted by molar-refractivity contribution is 5.81. The van der Waals surface area contributed by atoms with Gasteiger partial charge in [0.1, 0.15) is 38.4 Å². The van der Waals surface area contributed by atoms with Crippen molar-refractivity contribution in [3.63, 3.8) is 0 Å². The van der Waals surface area contributed by atoms with E-state index in [0.29, 0.717) is 23.5 Å². The van der Waals surface area contributed by atoms with E-state index in [0.717, 1.165) is 23.8 Å². The number of benzene rings is 2. The lowest BCUT2D eigenvalue weighted by atomic mass is 10.0. The molecule has 0 fully saturated rings. The maximum absolute atomic E-state index is 14.4. The second-order valence-electron chi connectivity index (χ2n) is 7.42. The minimum absolute atomic E-state index is 0.0525. The SMILES string of the molecule is C=CC(=O)OCCOc1c(F)cc(-c2ccc(OCCOC(=O)CCOCc3cnoc3)cc2)cc1F. The fourth-order valence-electron chi connectivity index (χ4n) is 2.98. The zero-order chi connectivity index (χ0) is 26.5. The number of esters is 2. The lowest BCUT2D eigenvalue weighted by molar-refractivity contribution is -0.145. The molecule has 3 aromatic rings. The molecule has 11 heteroatoms. The van der Waals surface area contributed by atoms with Crippen molar-refractivity contribution in [1.82, 2.24) is 5.16 Å². The summed E-state index contributed by atoms with van der Waals surface area (Å²) in [6, 6.07) is 8.81. The second kappa shape index (κ2) is 14.3. The highest BCUT2D eigenvalue weighted by atomic mass is 19.1. The van der Waals surface area contributed by atoms with Crippen LogP contribution in [0.15, 0.2) is 66.0 Å². The number of carbonyl (C=O) groups excluding carboxylic acids is 2. The molecule has 0 radical (unpaired) electrons. The topological polar surface area (TPSA) is 106 Å². The number of ether oxygens (including phenoxy) is 5. The lowest BCUT2D eigenvalue weighted by Gasteiger charge is -2.11. The van der Waals surface area contributed by atoms with Crippen LogP contribution in [0.2, 0.25) is 0 Å². The highest BCUT2D eigenvalue weighted by Gasteiger charge is 2.14. The lowest BCUT2D eigenvalue weighted by Crippen LogP contribution is -2.13. The monoisotopic (exact) mass is 517 g/mol. The summed E-state index contributed by atoms with van der Waals surface area (Å²) in [5, 5.41) is 3.55. The largest absolute Gasteiger partial charge is 0.490 e. The van der Waals surface area contributed by atoms with Crippen molar-refractivity contribution in [2.75, 3.05) is 33.0 Å². The Balaban J connectivity index is 1.38. The van der Waals surface area contributed by atoms with Gasteiger partial charge < -0.3 is 28.2 Å². The number of hydrogen-bond donors (Lipinski definition) is 0. The molecule has 0 spiro atoms. The Morgan fingerprint density at radius 2 is 1.62 bits per heavy atom. The molecule has 37 heavy (non-hydrogen) atoms. The molecule has 1 aromatic heterocycles. The van der Waals surface area contributed by atoms with Gasteiger partial charge in [0.05, 0.1) is 25.8 Å². The van der Waals surface area contributed by atoms with Gasteiger partial charge in [-0.3, -0.25) is 4.79 Å². The quantitative estimate of drug-likeness (QED) is 0.166. The molecule has 0 aliphatic rings. The first-order chi connectivity index (χ1) is 18.0. The molecule has 0 saturated carbocycles. The summed E-state index contributed by atoms with van der Waals surface area (Å²) < 4.78 is 59.2. The van der Waals surface area contributed by atoms with Crippen LogP contribution in [0.25, 0.3) is 11.1 Å². The van der Waals surface area contributed by atoms with E-state index < -0.39 is 29.3 Å². The molecule has 196 valence electrons. The molecule has 0 saturated heterocycles. The molecular formula is C26H25F2NO8. The Morgan fingerprint density at radius 1 is 0.919 bits per heavy atom. The number of hydrogen-bond acceptors (Lipinski definition) is 9. The number of rotatable bonds is 15. The average Bonchev–Trinajstić information content (AvgIpc) is 3.42. The van der Waals surface area contributed by atoms with Crippen molar-refractivity contribution >= 4 is 11.9 Å². The first-order valence-electron chi connectivity index (χ1n) is 11.2. The van der Waals surface area contributed by atoms with Crippen molar-refractivity contribution in [2.24, 2.45) is 0 Å². The Morgan fingerprint density at radius 3 is 2.30 bits per heavy atom. The van der Waals surface area contributed by atoms with Gasteiger partial charge in [-0.2, -0.15) is 0 Å². The summed E-state index contributed by atoms with van der Waals surface area (Å²) in [5.41, 5.74) is 1.62. The molecule has 0 atom stereocenters. The summed E-state index contributed by atoms with van der Waals surface area (Å²) in [4.78, 5) is 22.7. The summed E-state index contributed by atoms with van der Waals surface area (Å²) >= 11 is 0. The van der Waals surface area contributed by atoms with Gasteiger partial charge >= 0.3 is 11.9 Å². The van der Waals surface area contributed by atoms with Crippen LogP contribution in [0.3, 0.4) is 0 Å². The fourth-order valence-corrected chi connectivity index (χ4v) is 2.98. The minimum atomic E-state index is -0.893. The number of carbonyl (C=O) groups is 2. The van der Waals surface area contributed by atoms with E-state index in [9.17, 15) is 18.4 Å². The average molecular weight is 517 g/mol. The Hall–Kier alpha value is -4.25. The van der Waals surface area contributed by atoms with E-state index >= 15 is 0 Å². The summed E-state index contributed by atoms with van der Waals surface area (Å²) in [6.45, 7) is 3.53. The fraction of sp³-hybridized carbons (Fsp3) is 0.269. The number of halogens is 2. The van der Waals surface area contributed by atoms with Gasteiger partial charge in [0.2, 0.25) is 0 Å². The van der Waals surface area contributed by atoms with Crippen LogP contribution in [-0.4, -0.2) is 50.1 Å².